The van der Waals surface area contributed by atoms with Gasteiger partial charge in [0, 0.05) is 17.3 Å². The summed E-state index contributed by atoms with van der Waals surface area (Å²) in [6, 6.07) is 6.11. The standard InChI is InChI=1S/C17H17FO3/c18-13-3-1-11(2-4-13)17(8-14(19)20)12-6-9-5-10(7-12)16(21)15(9)17/h1-4,9-10,12,15H,5-8H2,(H,19,20)/t9?,10?,12?,15?,17-/m0/s1. The van der Waals surface area contributed by atoms with Crippen LogP contribution < -0.4 is 0 Å². The topological polar surface area (TPSA) is 54.4 Å². The van der Waals surface area contributed by atoms with E-state index in [0.29, 0.717) is 5.92 Å². The molecule has 0 radical (unpaired) electrons. The average Bonchev–Trinajstić information content (AvgIpc) is 2.79. The van der Waals surface area contributed by atoms with Gasteiger partial charge in [-0.2, -0.15) is 0 Å². The fraction of sp³-hybridized carbons (Fsp3) is 0.529. The molecular weight excluding hydrogens is 271 g/mol. The van der Waals surface area contributed by atoms with Gasteiger partial charge in [0.25, 0.3) is 0 Å². The monoisotopic (exact) mass is 288 g/mol. The molecule has 21 heavy (non-hydrogen) atoms. The van der Waals surface area contributed by atoms with Crippen LogP contribution in [0, 0.1) is 29.5 Å². The van der Waals surface area contributed by atoms with E-state index in [1.54, 1.807) is 12.1 Å². The number of benzene rings is 1. The van der Waals surface area contributed by atoms with Crippen LogP contribution in [0.25, 0.3) is 0 Å². The Morgan fingerprint density at radius 3 is 2.62 bits per heavy atom. The summed E-state index contributed by atoms with van der Waals surface area (Å²) in [5, 5.41) is 9.41. The summed E-state index contributed by atoms with van der Waals surface area (Å²) in [5.74, 6) is -0.425. The molecule has 4 unspecified atom stereocenters. The lowest BCUT2D eigenvalue weighted by atomic mass is 9.59. The second-order valence-electron chi connectivity index (χ2n) is 6.86. The van der Waals surface area contributed by atoms with Crippen LogP contribution >= 0.6 is 0 Å². The number of aliphatic carboxylic acids is 1. The maximum Gasteiger partial charge on any atom is 0.304 e. The molecule has 0 saturated heterocycles. The van der Waals surface area contributed by atoms with Crippen molar-refractivity contribution in [2.75, 3.05) is 0 Å². The molecule has 0 aliphatic heterocycles. The molecule has 4 bridgehead atoms. The molecule has 110 valence electrons. The molecule has 4 saturated carbocycles. The van der Waals surface area contributed by atoms with Crippen LogP contribution in [0.5, 0.6) is 0 Å². The maximum absolute atomic E-state index is 13.2. The minimum Gasteiger partial charge on any atom is -0.481 e. The zero-order chi connectivity index (χ0) is 14.8. The van der Waals surface area contributed by atoms with E-state index in [2.05, 4.69) is 0 Å². The van der Waals surface area contributed by atoms with Gasteiger partial charge in [-0.1, -0.05) is 12.1 Å². The predicted octanol–water partition coefficient (Wildman–Crippen LogP) is 2.78. The fourth-order valence-electron chi connectivity index (χ4n) is 5.48. The van der Waals surface area contributed by atoms with Gasteiger partial charge in [-0.3, -0.25) is 9.59 Å². The summed E-state index contributed by atoms with van der Waals surface area (Å²) in [4.78, 5) is 24.1. The number of carbonyl (C=O) groups is 2. The Bertz CT molecular complexity index is 623. The summed E-state index contributed by atoms with van der Waals surface area (Å²) < 4.78 is 13.2. The molecule has 1 N–H and O–H groups in total. The number of carbonyl (C=O) groups excluding carboxylic acids is 1. The van der Waals surface area contributed by atoms with Crippen LogP contribution in [0.15, 0.2) is 24.3 Å². The van der Waals surface area contributed by atoms with E-state index in [9.17, 15) is 19.1 Å². The molecule has 1 aromatic carbocycles. The third-order valence-corrected chi connectivity index (χ3v) is 6.03. The quantitative estimate of drug-likeness (QED) is 0.930. The van der Waals surface area contributed by atoms with E-state index in [-0.39, 0.29) is 35.8 Å². The van der Waals surface area contributed by atoms with Gasteiger partial charge in [0.2, 0.25) is 0 Å². The molecular formula is C17H17FO3. The summed E-state index contributed by atoms with van der Waals surface area (Å²) in [5.41, 5.74) is 0.214. The number of carboxylic acid groups (broad SMARTS) is 1. The highest BCUT2D eigenvalue weighted by atomic mass is 19.1. The summed E-state index contributed by atoms with van der Waals surface area (Å²) in [6.45, 7) is 0. The molecule has 1 aromatic rings. The zero-order valence-corrected chi connectivity index (χ0v) is 11.6. The van der Waals surface area contributed by atoms with Crippen LogP contribution in [0.1, 0.15) is 31.2 Å². The number of hydrogen-bond donors (Lipinski definition) is 1. The summed E-state index contributed by atoms with van der Waals surface area (Å²) in [6.07, 6.45) is 2.64. The largest absolute Gasteiger partial charge is 0.481 e. The highest BCUT2D eigenvalue weighted by molar-refractivity contribution is 5.90. The Hall–Kier alpha value is -1.71. The molecule has 5 atom stereocenters. The molecule has 0 amide bonds. The van der Waals surface area contributed by atoms with Crippen molar-refractivity contribution in [2.24, 2.45) is 23.7 Å². The Labute approximate surface area is 122 Å². The van der Waals surface area contributed by atoms with Gasteiger partial charge < -0.3 is 5.11 Å². The highest BCUT2D eigenvalue weighted by Gasteiger charge is 2.67. The fourth-order valence-corrected chi connectivity index (χ4v) is 5.48. The first-order valence-electron chi connectivity index (χ1n) is 7.54. The van der Waals surface area contributed by atoms with Crippen LogP contribution in [0.2, 0.25) is 0 Å². The van der Waals surface area contributed by atoms with E-state index in [4.69, 9.17) is 0 Å². The Balaban J connectivity index is 1.87. The molecule has 0 spiro atoms. The van der Waals surface area contributed by atoms with Gasteiger partial charge in [0.1, 0.15) is 11.6 Å². The first kappa shape index (κ1) is 13.0. The number of carboxylic acids is 1. The smallest absolute Gasteiger partial charge is 0.304 e. The lowest BCUT2D eigenvalue weighted by Gasteiger charge is -2.43. The van der Waals surface area contributed by atoms with Gasteiger partial charge in [-0.25, -0.2) is 4.39 Å². The molecule has 4 aliphatic carbocycles. The van der Waals surface area contributed by atoms with Crippen LogP contribution in [-0.2, 0) is 15.0 Å². The van der Waals surface area contributed by atoms with Crippen molar-refractivity contribution in [1.82, 2.24) is 0 Å². The van der Waals surface area contributed by atoms with E-state index >= 15 is 0 Å². The number of ketones is 1. The van der Waals surface area contributed by atoms with Crippen molar-refractivity contribution in [2.45, 2.75) is 31.1 Å². The van der Waals surface area contributed by atoms with Crippen molar-refractivity contribution in [1.29, 1.82) is 0 Å². The third kappa shape index (κ3) is 1.59. The van der Waals surface area contributed by atoms with Gasteiger partial charge in [0.05, 0.1) is 6.42 Å². The minimum absolute atomic E-state index is 0.0249. The molecule has 5 rings (SSSR count). The lowest BCUT2D eigenvalue weighted by Crippen LogP contribution is -2.47. The zero-order valence-electron chi connectivity index (χ0n) is 11.6. The van der Waals surface area contributed by atoms with Gasteiger partial charge in [-0.15, -0.1) is 0 Å². The molecule has 4 heteroatoms. The minimum atomic E-state index is -0.872. The molecule has 4 fully saturated rings. The van der Waals surface area contributed by atoms with Crippen molar-refractivity contribution >= 4 is 11.8 Å². The molecule has 4 aliphatic rings. The second kappa shape index (κ2) is 4.15. The summed E-state index contributed by atoms with van der Waals surface area (Å²) >= 11 is 0. The normalized spacial score (nSPS) is 40.0. The van der Waals surface area contributed by atoms with Crippen LogP contribution in [0.3, 0.4) is 0 Å². The first-order chi connectivity index (χ1) is 10.0. The lowest BCUT2D eigenvalue weighted by molar-refractivity contribution is -0.141. The number of Topliss-reactive ketones (excluding diaryl/α,β-unsaturated/α-hetero) is 1. The van der Waals surface area contributed by atoms with Crippen molar-refractivity contribution in [3.8, 4) is 0 Å². The Kier molecular flexibility index (Phi) is 2.57. The van der Waals surface area contributed by atoms with E-state index < -0.39 is 11.4 Å². The van der Waals surface area contributed by atoms with Crippen molar-refractivity contribution < 1.29 is 19.1 Å². The number of halogens is 1. The SMILES string of the molecule is O=C(O)C[C@]1(c2ccc(F)cc2)C2CC3CC(C2)C1C3=O. The average molecular weight is 288 g/mol. The summed E-state index contributed by atoms with van der Waals surface area (Å²) in [7, 11) is 0. The van der Waals surface area contributed by atoms with E-state index in [0.717, 1.165) is 24.8 Å². The van der Waals surface area contributed by atoms with Gasteiger partial charge in [-0.05, 0) is 48.8 Å². The van der Waals surface area contributed by atoms with E-state index in [1.807, 2.05) is 0 Å². The molecule has 0 aromatic heterocycles. The maximum atomic E-state index is 13.2. The number of rotatable bonds is 3. The Morgan fingerprint density at radius 2 is 1.95 bits per heavy atom. The Morgan fingerprint density at radius 1 is 1.24 bits per heavy atom. The highest BCUT2D eigenvalue weighted by Crippen LogP contribution is 2.66. The number of hydrogen-bond acceptors (Lipinski definition) is 2. The third-order valence-electron chi connectivity index (χ3n) is 6.03. The predicted molar refractivity (Wildman–Crippen MR) is 73.1 cm³/mol. The van der Waals surface area contributed by atoms with Crippen molar-refractivity contribution in [3.63, 3.8) is 0 Å². The van der Waals surface area contributed by atoms with Crippen LogP contribution in [0.4, 0.5) is 4.39 Å². The van der Waals surface area contributed by atoms with Gasteiger partial charge >= 0.3 is 5.97 Å². The van der Waals surface area contributed by atoms with E-state index in [1.165, 1.54) is 12.1 Å². The van der Waals surface area contributed by atoms with Gasteiger partial charge in [0.15, 0.2) is 0 Å². The van der Waals surface area contributed by atoms with Crippen molar-refractivity contribution in [3.05, 3.63) is 35.6 Å². The molecule has 0 heterocycles. The first-order valence-corrected chi connectivity index (χ1v) is 7.54. The van der Waals surface area contributed by atoms with Crippen LogP contribution in [-0.4, -0.2) is 16.9 Å². The molecule has 3 nitrogen and oxygen atoms in total. The second-order valence-corrected chi connectivity index (χ2v) is 6.86.